The van der Waals surface area contributed by atoms with E-state index in [-0.39, 0.29) is 17.6 Å². The van der Waals surface area contributed by atoms with E-state index in [1.54, 1.807) is 17.8 Å². The molecular formula is C21H27N3O4. The third kappa shape index (κ3) is 4.91. The fourth-order valence-electron chi connectivity index (χ4n) is 3.37. The van der Waals surface area contributed by atoms with Crippen LogP contribution in [0.3, 0.4) is 0 Å². The first-order valence-electron chi connectivity index (χ1n) is 9.79. The Morgan fingerprint density at radius 3 is 2.46 bits per heavy atom. The highest BCUT2D eigenvalue weighted by molar-refractivity contribution is 5.93. The highest BCUT2D eigenvalue weighted by atomic mass is 16.6. The van der Waals surface area contributed by atoms with E-state index in [1.165, 1.54) is 20.0 Å². The molecule has 2 aromatic rings. The molecule has 1 N–H and O–H groups in total. The second-order valence-electron chi connectivity index (χ2n) is 7.07. The van der Waals surface area contributed by atoms with Crippen molar-refractivity contribution in [3.8, 4) is 11.4 Å². The lowest BCUT2D eigenvalue weighted by Gasteiger charge is -2.19. The molecule has 1 saturated carbocycles. The average Bonchev–Trinajstić information content (AvgIpc) is 2.99. The minimum Gasteiger partial charge on any atom is -0.493 e. The summed E-state index contributed by atoms with van der Waals surface area (Å²) in [4.78, 5) is 25.0. The molecule has 1 amide bonds. The number of amides is 1. The number of hydrogen-bond donors (Lipinski definition) is 1. The maximum absolute atomic E-state index is 12.6. The van der Waals surface area contributed by atoms with Crippen LogP contribution >= 0.6 is 0 Å². The van der Waals surface area contributed by atoms with Crippen molar-refractivity contribution in [2.24, 2.45) is 0 Å². The van der Waals surface area contributed by atoms with Crippen LogP contribution in [0, 0.1) is 0 Å². The van der Waals surface area contributed by atoms with Crippen LogP contribution in [0.15, 0.2) is 36.5 Å². The van der Waals surface area contributed by atoms with Gasteiger partial charge < -0.3 is 14.8 Å². The third-order valence-electron chi connectivity index (χ3n) is 4.97. The molecule has 7 nitrogen and oxygen atoms in total. The van der Waals surface area contributed by atoms with Gasteiger partial charge in [-0.25, -0.2) is 9.48 Å². The summed E-state index contributed by atoms with van der Waals surface area (Å²) in [6, 6.07) is 9.54. The maximum Gasteiger partial charge on any atom is 0.363 e. The molecule has 3 rings (SSSR count). The number of methoxy groups -OCH3 is 1. The smallest absolute Gasteiger partial charge is 0.363 e. The number of carbonyl (C=O) groups is 2. The molecule has 1 aliphatic carbocycles. The molecule has 7 heteroatoms. The lowest BCUT2D eigenvalue weighted by molar-refractivity contribution is -0.129. The quantitative estimate of drug-likeness (QED) is 0.610. The number of hydrogen-bond acceptors (Lipinski definition) is 5. The number of aromatic nitrogens is 2. The number of carbonyl (C=O) groups excluding carboxylic acids is 2. The topological polar surface area (TPSA) is 82.5 Å². The molecule has 0 spiro atoms. The Kier molecular flexibility index (Phi) is 6.68. The largest absolute Gasteiger partial charge is 0.493 e. The van der Waals surface area contributed by atoms with Crippen molar-refractivity contribution in [1.29, 1.82) is 0 Å². The Labute approximate surface area is 165 Å². The van der Waals surface area contributed by atoms with E-state index in [2.05, 4.69) is 10.4 Å². The summed E-state index contributed by atoms with van der Waals surface area (Å²) in [6.45, 7) is 1.57. The molecule has 1 heterocycles. The van der Waals surface area contributed by atoms with Gasteiger partial charge in [-0.3, -0.25) is 4.79 Å². The summed E-state index contributed by atoms with van der Waals surface area (Å²) < 4.78 is 12.2. The predicted molar refractivity (Wildman–Crippen MR) is 105 cm³/mol. The average molecular weight is 385 g/mol. The number of benzene rings is 1. The Bertz CT molecular complexity index is 795. The van der Waals surface area contributed by atoms with Crippen LogP contribution in [0.25, 0.3) is 5.69 Å². The first-order valence-corrected chi connectivity index (χ1v) is 9.79. The van der Waals surface area contributed by atoms with Crippen molar-refractivity contribution in [3.05, 3.63) is 42.2 Å². The zero-order chi connectivity index (χ0) is 19.9. The van der Waals surface area contributed by atoms with E-state index in [9.17, 15) is 9.59 Å². The van der Waals surface area contributed by atoms with Gasteiger partial charge in [0.2, 0.25) is 5.69 Å². The lowest BCUT2D eigenvalue weighted by atomic mass is 10.1. The van der Waals surface area contributed by atoms with E-state index < -0.39 is 12.1 Å². The second kappa shape index (κ2) is 9.39. The van der Waals surface area contributed by atoms with Crippen LogP contribution in [0.5, 0.6) is 5.75 Å². The Balaban J connectivity index is 1.64. The molecule has 1 aromatic heterocycles. The maximum atomic E-state index is 12.6. The van der Waals surface area contributed by atoms with E-state index in [0.29, 0.717) is 5.75 Å². The van der Waals surface area contributed by atoms with Crippen LogP contribution in [-0.4, -0.2) is 40.9 Å². The number of rotatable bonds is 6. The summed E-state index contributed by atoms with van der Waals surface area (Å²) in [5.74, 6) is -0.665. The minimum atomic E-state index is -0.901. The molecule has 1 aliphatic rings. The summed E-state index contributed by atoms with van der Waals surface area (Å²) in [6.07, 6.45) is 7.32. The Morgan fingerprint density at radius 2 is 1.82 bits per heavy atom. The summed E-state index contributed by atoms with van der Waals surface area (Å²) >= 11 is 0. The first-order chi connectivity index (χ1) is 13.6. The van der Waals surface area contributed by atoms with Crippen molar-refractivity contribution < 1.29 is 19.1 Å². The molecule has 0 unspecified atom stereocenters. The number of nitrogens with zero attached hydrogens (tertiary/aromatic N) is 2. The van der Waals surface area contributed by atoms with Crippen LogP contribution in [0.2, 0.25) is 0 Å². The SMILES string of the molecule is COc1cn(-c2ccccc2)nc1C(=O)O[C@@H](C)C(=O)NC1CCCCCC1. The molecule has 28 heavy (non-hydrogen) atoms. The highest BCUT2D eigenvalue weighted by Crippen LogP contribution is 2.21. The normalized spacial score (nSPS) is 16.1. The fourth-order valence-corrected chi connectivity index (χ4v) is 3.37. The van der Waals surface area contributed by atoms with E-state index in [1.807, 2.05) is 30.3 Å². The highest BCUT2D eigenvalue weighted by Gasteiger charge is 2.26. The summed E-state index contributed by atoms with van der Waals surface area (Å²) in [5.41, 5.74) is 0.833. The zero-order valence-electron chi connectivity index (χ0n) is 16.4. The van der Waals surface area contributed by atoms with Gasteiger partial charge in [0.15, 0.2) is 11.9 Å². The zero-order valence-corrected chi connectivity index (χ0v) is 16.4. The van der Waals surface area contributed by atoms with E-state index >= 15 is 0 Å². The van der Waals surface area contributed by atoms with Crippen LogP contribution < -0.4 is 10.1 Å². The van der Waals surface area contributed by atoms with Gasteiger partial charge in [0.1, 0.15) is 0 Å². The van der Waals surface area contributed by atoms with Gasteiger partial charge in [0.25, 0.3) is 5.91 Å². The van der Waals surface area contributed by atoms with Crippen molar-refractivity contribution in [2.75, 3.05) is 7.11 Å². The van der Waals surface area contributed by atoms with Gasteiger partial charge in [-0.1, -0.05) is 43.9 Å². The molecule has 1 atom stereocenters. The van der Waals surface area contributed by atoms with Crippen LogP contribution in [0.4, 0.5) is 0 Å². The molecule has 0 aliphatic heterocycles. The molecule has 0 radical (unpaired) electrons. The standard InChI is InChI=1S/C21H27N3O4/c1-15(20(25)22-16-10-6-3-4-7-11-16)28-21(26)19-18(27-2)14-24(23-19)17-12-8-5-9-13-17/h5,8-9,12-16H,3-4,6-7,10-11H2,1-2H3,(H,22,25)/t15-/m0/s1. The fraction of sp³-hybridized carbons (Fsp3) is 0.476. The number of esters is 1. The van der Waals surface area contributed by atoms with Gasteiger partial charge >= 0.3 is 5.97 Å². The van der Waals surface area contributed by atoms with Crippen molar-refractivity contribution >= 4 is 11.9 Å². The van der Waals surface area contributed by atoms with E-state index in [0.717, 1.165) is 31.4 Å². The number of para-hydroxylation sites is 1. The molecule has 0 bridgehead atoms. The van der Waals surface area contributed by atoms with Crippen LogP contribution in [0.1, 0.15) is 55.9 Å². The summed E-state index contributed by atoms with van der Waals surface area (Å²) in [5, 5.41) is 7.28. The van der Waals surface area contributed by atoms with Gasteiger partial charge in [0.05, 0.1) is 19.0 Å². The van der Waals surface area contributed by atoms with Crippen molar-refractivity contribution in [2.45, 2.75) is 57.6 Å². The second-order valence-corrected chi connectivity index (χ2v) is 7.07. The predicted octanol–water partition coefficient (Wildman–Crippen LogP) is 3.27. The third-order valence-corrected chi connectivity index (χ3v) is 4.97. The Hall–Kier alpha value is -2.83. The molecular weight excluding hydrogens is 358 g/mol. The molecule has 1 fully saturated rings. The van der Waals surface area contributed by atoms with Crippen LogP contribution in [-0.2, 0) is 9.53 Å². The van der Waals surface area contributed by atoms with Crippen molar-refractivity contribution in [3.63, 3.8) is 0 Å². The number of ether oxygens (including phenoxy) is 2. The molecule has 150 valence electrons. The van der Waals surface area contributed by atoms with E-state index in [4.69, 9.17) is 9.47 Å². The van der Waals surface area contributed by atoms with Gasteiger partial charge in [0, 0.05) is 6.04 Å². The Morgan fingerprint density at radius 1 is 1.14 bits per heavy atom. The van der Waals surface area contributed by atoms with Crippen molar-refractivity contribution in [1.82, 2.24) is 15.1 Å². The first kappa shape index (κ1) is 19.9. The van der Waals surface area contributed by atoms with Gasteiger partial charge in [-0.15, -0.1) is 0 Å². The molecule has 1 aromatic carbocycles. The number of nitrogens with one attached hydrogen (secondary N) is 1. The molecule has 0 saturated heterocycles. The monoisotopic (exact) mass is 385 g/mol. The van der Waals surface area contributed by atoms with Gasteiger partial charge in [-0.2, -0.15) is 5.10 Å². The lowest BCUT2D eigenvalue weighted by Crippen LogP contribution is -2.41. The minimum absolute atomic E-state index is 0.0421. The van der Waals surface area contributed by atoms with Gasteiger partial charge in [-0.05, 0) is 31.9 Å². The summed E-state index contributed by atoms with van der Waals surface area (Å²) in [7, 11) is 1.46.